The minimum atomic E-state index is -2.79. The van der Waals surface area contributed by atoms with E-state index in [0.29, 0.717) is 24.0 Å². The molecule has 0 amide bonds. The highest BCUT2D eigenvalue weighted by Crippen LogP contribution is 2.19. The molecule has 1 aromatic rings. The summed E-state index contributed by atoms with van der Waals surface area (Å²) in [5.74, 6) is 2.27. The van der Waals surface area contributed by atoms with E-state index in [2.05, 4.69) is 28.7 Å². The van der Waals surface area contributed by atoms with Gasteiger partial charge in [0.25, 0.3) is 0 Å². The molecule has 6 heteroatoms. The lowest BCUT2D eigenvalue weighted by Gasteiger charge is -2.13. The molecule has 0 saturated carbocycles. The molecule has 2 rings (SSSR count). The summed E-state index contributed by atoms with van der Waals surface area (Å²) in [7, 11) is -2.79. The van der Waals surface area contributed by atoms with Crippen LogP contribution in [0.5, 0.6) is 0 Å². The van der Waals surface area contributed by atoms with Gasteiger partial charge in [0.2, 0.25) is 5.95 Å². The summed E-state index contributed by atoms with van der Waals surface area (Å²) in [6.07, 6.45) is 2.80. The Morgan fingerprint density at radius 1 is 1.53 bits per heavy atom. The first-order valence-electron chi connectivity index (χ1n) is 6.84. The summed E-state index contributed by atoms with van der Waals surface area (Å²) in [6.45, 7) is 7.92. The van der Waals surface area contributed by atoms with Crippen molar-refractivity contribution in [2.75, 3.05) is 23.4 Å². The molecule has 1 aliphatic rings. The first-order valence-corrected chi connectivity index (χ1v) is 8.66. The minimum absolute atomic E-state index is 0.217. The molecule has 1 aliphatic heterocycles. The quantitative estimate of drug-likeness (QED) is 0.894. The van der Waals surface area contributed by atoms with Crippen molar-refractivity contribution in [3.8, 4) is 0 Å². The minimum Gasteiger partial charge on any atom is -0.355 e. The van der Waals surface area contributed by atoms with Crippen molar-refractivity contribution < 1.29 is 8.42 Å². The van der Waals surface area contributed by atoms with Crippen molar-refractivity contribution >= 4 is 15.8 Å². The maximum atomic E-state index is 11.4. The topological polar surface area (TPSA) is 64.0 Å². The van der Waals surface area contributed by atoms with Crippen LogP contribution in [0, 0.1) is 18.8 Å². The van der Waals surface area contributed by atoms with Crippen LogP contribution in [0.1, 0.15) is 26.0 Å². The second-order valence-electron chi connectivity index (χ2n) is 5.90. The van der Waals surface area contributed by atoms with Crippen molar-refractivity contribution in [1.82, 2.24) is 9.55 Å². The van der Waals surface area contributed by atoms with Gasteiger partial charge in [-0.3, -0.25) is 0 Å². The van der Waals surface area contributed by atoms with Gasteiger partial charge in [-0.05, 0) is 25.2 Å². The number of sulfone groups is 1. The fraction of sp³-hybridized carbons (Fsp3) is 0.769. The zero-order valence-electron chi connectivity index (χ0n) is 11.9. The van der Waals surface area contributed by atoms with E-state index >= 15 is 0 Å². The number of nitrogens with one attached hydrogen (secondary N) is 1. The summed E-state index contributed by atoms with van der Waals surface area (Å²) in [6, 6.07) is 0. The number of anilines is 1. The van der Waals surface area contributed by atoms with E-state index < -0.39 is 9.84 Å². The Labute approximate surface area is 115 Å². The van der Waals surface area contributed by atoms with Crippen molar-refractivity contribution in [2.24, 2.45) is 11.8 Å². The zero-order valence-corrected chi connectivity index (χ0v) is 12.7. The highest BCUT2D eigenvalue weighted by Gasteiger charge is 2.27. The highest BCUT2D eigenvalue weighted by molar-refractivity contribution is 7.91. The lowest BCUT2D eigenvalue weighted by molar-refractivity contribution is 0.523. The molecule has 1 fully saturated rings. The fourth-order valence-corrected chi connectivity index (χ4v) is 4.35. The maximum Gasteiger partial charge on any atom is 0.203 e. The summed E-state index contributed by atoms with van der Waals surface area (Å²) in [5, 5.41) is 3.31. The number of hydrogen-bond donors (Lipinski definition) is 1. The SMILES string of the molecule is Cc1cn(CC(C)C)c(NCC2CCS(=O)(=O)C2)n1. The number of hydrogen-bond acceptors (Lipinski definition) is 4. The molecule has 108 valence electrons. The van der Waals surface area contributed by atoms with Crippen LogP contribution < -0.4 is 5.32 Å². The fourth-order valence-electron chi connectivity index (χ4n) is 2.49. The molecular formula is C13H23N3O2S. The molecule has 0 aliphatic carbocycles. The van der Waals surface area contributed by atoms with Crippen LogP contribution in [-0.2, 0) is 16.4 Å². The van der Waals surface area contributed by atoms with Crippen molar-refractivity contribution in [3.05, 3.63) is 11.9 Å². The molecule has 0 radical (unpaired) electrons. The average Bonchev–Trinajstić information content (AvgIpc) is 2.78. The third-order valence-corrected chi connectivity index (χ3v) is 5.17. The van der Waals surface area contributed by atoms with E-state index in [1.54, 1.807) is 0 Å². The standard InChI is InChI=1S/C13H23N3O2S/c1-10(2)7-16-8-11(3)15-13(16)14-6-12-4-5-19(17,18)9-12/h8,10,12H,4-7,9H2,1-3H3,(H,14,15). The Morgan fingerprint density at radius 2 is 2.26 bits per heavy atom. The Balaban J connectivity index is 1.96. The van der Waals surface area contributed by atoms with Gasteiger partial charge in [0.15, 0.2) is 9.84 Å². The number of imidazole rings is 1. The lowest BCUT2D eigenvalue weighted by Crippen LogP contribution is -2.18. The summed E-state index contributed by atoms with van der Waals surface area (Å²) >= 11 is 0. The molecule has 19 heavy (non-hydrogen) atoms. The number of aromatic nitrogens is 2. The van der Waals surface area contributed by atoms with Crippen LogP contribution in [-0.4, -0.2) is 36.0 Å². The number of rotatable bonds is 5. The van der Waals surface area contributed by atoms with Gasteiger partial charge in [-0.1, -0.05) is 13.8 Å². The van der Waals surface area contributed by atoms with Crippen LogP contribution in [0.2, 0.25) is 0 Å². The molecular weight excluding hydrogens is 262 g/mol. The van der Waals surface area contributed by atoms with E-state index in [0.717, 1.165) is 24.6 Å². The van der Waals surface area contributed by atoms with E-state index in [1.807, 2.05) is 13.1 Å². The van der Waals surface area contributed by atoms with E-state index in [4.69, 9.17) is 0 Å². The van der Waals surface area contributed by atoms with Gasteiger partial charge in [0, 0.05) is 19.3 Å². The highest BCUT2D eigenvalue weighted by atomic mass is 32.2. The van der Waals surface area contributed by atoms with Gasteiger partial charge in [-0.2, -0.15) is 0 Å². The first-order chi connectivity index (χ1) is 8.85. The summed E-state index contributed by atoms with van der Waals surface area (Å²) in [5.41, 5.74) is 0.988. The predicted octanol–water partition coefficient (Wildman–Crippen LogP) is 1.69. The predicted molar refractivity (Wildman–Crippen MR) is 77.1 cm³/mol. The smallest absolute Gasteiger partial charge is 0.203 e. The van der Waals surface area contributed by atoms with Gasteiger partial charge >= 0.3 is 0 Å². The van der Waals surface area contributed by atoms with Crippen LogP contribution in [0.25, 0.3) is 0 Å². The zero-order chi connectivity index (χ0) is 14.0. The van der Waals surface area contributed by atoms with Crippen molar-refractivity contribution in [2.45, 2.75) is 33.7 Å². The summed E-state index contributed by atoms with van der Waals surface area (Å²) in [4.78, 5) is 4.46. The Bertz CT molecular complexity index is 534. The molecule has 1 saturated heterocycles. The Hall–Kier alpha value is -1.04. The van der Waals surface area contributed by atoms with Crippen LogP contribution in [0.3, 0.4) is 0 Å². The molecule has 1 aromatic heterocycles. The molecule has 5 nitrogen and oxygen atoms in total. The number of nitrogens with zero attached hydrogens (tertiary/aromatic N) is 2. The second-order valence-corrected chi connectivity index (χ2v) is 8.13. The molecule has 1 N–H and O–H groups in total. The second kappa shape index (κ2) is 5.53. The molecule has 0 spiro atoms. The van der Waals surface area contributed by atoms with E-state index in [9.17, 15) is 8.42 Å². The molecule has 1 unspecified atom stereocenters. The van der Waals surface area contributed by atoms with E-state index in [-0.39, 0.29) is 5.92 Å². The monoisotopic (exact) mass is 285 g/mol. The van der Waals surface area contributed by atoms with E-state index in [1.165, 1.54) is 0 Å². The Morgan fingerprint density at radius 3 is 2.84 bits per heavy atom. The Kier molecular flexibility index (Phi) is 4.18. The molecule has 0 bridgehead atoms. The number of aryl methyl sites for hydroxylation is 1. The van der Waals surface area contributed by atoms with Gasteiger partial charge in [0.1, 0.15) is 0 Å². The van der Waals surface area contributed by atoms with Crippen molar-refractivity contribution in [1.29, 1.82) is 0 Å². The largest absolute Gasteiger partial charge is 0.355 e. The van der Waals surface area contributed by atoms with Crippen molar-refractivity contribution in [3.63, 3.8) is 0 Å². The molecule has 0 aromatic carbocycles. The third-order valence-electron chi connectivity index (χ3n) is 3.33. The maximum absolute atomic E-state index is 11.4. The molecule has 1 atom stereocenters. The normalized spacial score (nSPS) is 22.0. The van der Waals surface area contributed by atoms with Gasteiger partial charge in [-0.25, -0.2) is 13.4 Å². The van der Waals surface area contributed by atoms with Crippen LogP contribution >= 0.6 is 0 Å². The van der Waals surface area contributed by atoms with Crippen LogP contribution in [0.15, 0.2) is 6.20 Å². The van der Waals surface area contributed by atoms with Gasteiger partial charge in [-0.15, -0.1) is 0 Å². The first kappa shape index (κ1) is 14.4. The third kappa shape index (κ3) is 3.96. The molecule has 2 heterocycles. The lowest BCUT2D eigenvalue weighted by atomic mass is 10.1. The van der Waals surface area contributed by atoms with Crippen LogP contribution in [0.4, 0.5) is 5.95 Å². The van der Waals surface area contributed by atoms with Gasteiger partial charge in [0.05, 0.1) is 17.2 Å². The summed E-state index contributed by atoms with van der Waals surface area (Å²) < 4.78 is 25.0. The average molecular weight is 285 g/mol. The van der Waals surface area contributed by atoms with Gasteiger partial charge < -0.3 is 9.88 Å².